The first-order valence-corrected chi connectivity index (χ1v) is 4.73. The Hall–Kier alpha value is -1.42. The van der Waals surface area contributed by atoms with Crippen LogP contribution in [0, 0.1) is 5.82 Å². The number of carbonyl (C=O) groups excluding carboxylic acids is 1. The SMILES string of the molecule is CC(C)(NC(=O)CN)c1ccc(F)cc1. The number of carbonyl (C=O) groups is 1. The van der Waals surface area contributed by atoms with Gasteiger partial charge in [0.1, 0.15) is 5.82 Å². The molecule has 0 saturated heterocycles. The summed E-state index contributed by atoms with van der Waals surface area (Å²) in [6.07, 6.45) is 0. The topological polar surface area (TPSA) is 55.1 Å². The second kappa shape index (κ2) is 4.40. The van der Waals surface area contributed by atoms with Crippen LogP contribution in [0.3, 0.4) is 0 Å². The van der Waals surface area contributed by atoms with E-state index in [4.69, 9.17) is 5.73 Å². The zero-order chi connectivity index (χ0) is 11.5. The lowest BCUT2D eigenvalue weighted by Crippen LogP contribution is -2.43. The molecule has 0 aliphatic rings. The number of hydrogen-bond donors (Lipinski definition) is 2. The highest BCUT2D eigenvalue weighted by molar-refractivity contribution is 5.78. The van der Waals surface area contributed by atoms with Gasteiger partial charge in [-0.3, -0.25) is 4.79 Å². The molecule has 0 radical (unpaired) electrons. The Morgan fingerprint density at radius 2 is 1.93 bits per heavy atom. The van der Waals surface area contributed by atoms with Crippen LogP contribution in [0.25, 0.3) is 0 Å². The van der Waals surface area contributed by atoms with E-state index in [0.717, 1.165) is 5.56 Å². The van der Waals surface area contributed by atoms with E-state index < -0.39 is 5.54 Å². The summed E-state index contributed by atoms with van der Waals surface area (Å²) in [5.74, 6) is -0.524. The number of rotatable bonds is 3. The molecular formula is C11H15FN2O. The summed E-state index contributed by atoms with van der Waals surface area (Å²) in [6, 6.07) is 6.02. The summed E-state index contributed by atoms with van der Waals surface area (Å²) in [4.78, 5) is 11.2. The number of amides is 1. The first kappa shape index (κ1) is 11.7. The van der Waals surface area contributed by atoms with E-state index in [1.807, 2.05) is 13.8 Å². The van der Waals surface area contributed by atoms with Gasteiger partial charge in [0, 0.05) is 0 Å². The molecule has 0 aliphatic carbocycles. The number of halogens is 1. The van der Waals surface area contributed by atoms with Gasteiger partial charge in [0.2, 0.25) is 5.91 Å². The monoisotopic (exact) mass is 210 g/mol. The first-order chi connectivity index (χ1) is 6.95. The molecule has 82 valence electrons. The Morgan fingerprint density at radius 1 is 1.40 bits per heavy atom. The lowest BCUT2D eigenvalue weighted by Gasteiger charge is -2.26. The van der Waals surface area contributed by atoms with Gasteiger partial charge in [0.25, 0.3) is 0 Å². The van der Waals surface area contributed by atoms with E-state index >= 15 is 0 Å². The molecule has 1 rings (SSSR count). The van der Waals surface area contributed by atoms with Crippen LogP contribution in [0.15, 0.2) is 24.3 Å². The van der Waals surface area contributed by atoms with Crippen LogP contribution in [0.1, 0.15) is 19.4 Å². The van der Waals surface area contributed by atoms with Crippen molar-refractivity contribution in [3.05, 3.63) is 35.6 Å². The molecule has 1 aromatic carbocycles. The van der Waals surface area contributed by atoms with E-state index in [1.54, 1.807) is 12.1 Å². The fraction of sp³-hybridized carbons (Fsp3) is 0.364. The Balaban J connectivity index is 2.85. The van der Waals surface area contributed by atoms with E-state index in [9.17, 15) is 9.18 Å². The van der Waals surface area contributed by atoms with E-state index in [0.29, 0.717) is 0 Å². The van der Waals surface area contributed by atoms with Crippen molar-refractivity contribution in [1.82, 2.24) is 5.32 Å². The molecule has 3 N–H and O–H groups in total. The van der Waals surface area contributed by atoms with Gasteiger partial charge in [-0.1, -0.05) is 12.1 Å². The van der Waals surface area contributed by atoms with Crippen molar-refractivity contribution in [2.75, 3.05) is 6.54 Å². The fourth-order valence-corrected chi connectivity index (χ4v) is 1.34. The molecule has 0 fully saturated rings. The van der Waals surface area contributed by atoms with Crippen LogP contribution < -0.4 is 11.1 Å². The predicted octanol–water partition coefficient (Wildman–Crippen LogP) is 1.14. The molecule has 0 saturated carbocycles. The van der Waals surface area contributed by atoms with Crippen molar-refractivity contribution < 1.29 is 9.18 Å². The average molecular weight is 210 g/mol. The third-order valence-corrected chi connectivity index (χ3v) is 2.20. The average Bonchev–Trinajstić information content (AvgIpc) is 2.17. The largest absolute Gasteiger partial charge is 0.346 e. The zero-order valence-corrected chi connectivity index (χ0v) is 8.88. The Bertz CT molecular complexity index is 346. The maximum absolute atomic E-state index is 12.7. The quantitative estimate of drug-likeness (QED) is 0.786. The molecule has 0 heterocycles. The van der Waals surface area contributed by atoms with E-state index in [2.05, 4.69) is 5.32 Å². The van der Waals surface area contributed by atoms with Gasteiger partial charge in [-0.05, 0) is 31.5 Å². The van der Waals surface area contributed by atoms with Gasteiger partial charge in [0.15, 0.2) is 0 Å². The van der Waals surface area contributed by atoms with E-state index in [-0.39, 0.29) is 18.3 Å². The summed E-state index contributed by atoms with van der Waals surface area (Å²) in [5, 5.41) is 2.76. The maximum atomic E-state index is 12.7. The summed E-state index contributed by atoms with van der Waals surface area (Å²) >= 11 is 0. The van der Waals surface area contributed by atoms with Crippen molar-refractivity contribution >= 4 is 5.91 Å². The van der Waals surface area contributed by atoms with Crippen LogP contribution in [0.2, 0.25) is 0 Å². The number of hydrogen-bond acceptors (Lipinski definition) is 2. The van der Waals surface area contributed by atoms with Crippen LogP contribution in [0.4, 0.5) is 4.39 Å². The summed E-state index contributed by atoms with van der Waals surface area (Å²) in [6.45, 7) is 3.63. The van der Waals surface area contributed by atoms with Gasteiger partial charge >= 0.3 is 0 Å². The highest BCUT2D eigenvalue weighted by Gasteiger charge is 2.21. The van der Waals surface area contributed by atoms with Crippen molar-refractivity contribution in [3.8, 4) is 0 Å². The molecule has 0 unspecified atom stereocenters. The minimum atomic E-state index is -0.538. The van der Waals surface area contributed by atoms with Crippen molar-refractivity contribution in [2.45, 2.75) is 19.4 Å². The lowest BCUT2D eigenvalue weighted by molar-refractivity contribution is -0.121. The smallest absolute Gasteiger partial charge is 0.234 e. The number of benzene rings is 1. The minimum absolute atomic E-state index is 0.0510. The van der Waals surface area contributed by atoms with Crippen LogP contribution in [-0.2, 0) is 10.3 Å². The molecule has 0 bridgehead atoms. The standard InChI is InChI=1S/C11H15FN2O/c1-11(2,14-10(15)7-13)8-3-5-9(12)6-4-8/h3-6H,7,13H2,1-2H3,(H,14,15). The third kappa shape index (κ3) is 3.02. The molecule has 0 aliphatic heterocycles. The van der Waals surface area contributed by atoms with Gasteiger partial charge in [-0.15, -0.1) is 0 Å². The van der Waals surface area contributed by atoms with Gasteiger partial charge < -0.3 is 11.1 Å². The lowest BCUT2D eigenvalue weighted by atomic mass is 9.94. The molecule has 0 spiro atoms. The molecule has 15 heavy (non-hydrogen) atoms. The van der Waals surface area contributed by atoms with Crippen LogP contribution in [0.5, 0.6) is 0 Å². The third-order valence-electron chi connectivity index (χ3n) is 2.20. The second-order valence-corrected chi connectivity index (χ2v) is 3.88. The normalized spacial score (nSPS) is 11.2. The maximum Gasteiger partial charge on any atom is 0.234 e. The zero-order valence-electron chi connectivity index (χ0n) is 8.88. The molecule has 0 atom stereocenters. The molecule has 1 amide bonds. The molecule has 1 aromatic rings. The fourth-order valence-electron chi connectivity index (χ4n) is 1.34. The van der Waals surface area contributed by atoms with Crippen molar-refractivity contribution in [2.24, 2.45) is 5.73 Å². The first-order valence-electron chi connectivity index (χ1n) is 4.73. The number of nitrogens with two attached hydrogens (primary N) is 1. The Morgan fingerprint density at radius 3 is 2.40 bits per heavy atom. The van der Waals surface area contributed by atoms with Gasteiger partial charge in [-0.2, -0.15) is 0 Å². The van der Waals surface area contributed by atoms with Crippen LogP contribution in [-0.4, -0.2) is 12.5 Å². The van der Waals surface area contributed by atoms with Crippen LogP contribution >= 0.6 is 0 Å². The second-order valence-electron chi connectivity index (χ2n) is 3.88. The summed E-state index contributed by atoms with van der Waals surface area (Å²) in [7, 11) is 0. The van der Waals surface area contributed by atoms with Gasteiger partial charge in [0.05, 0.1) is 12.1 Å². The highest BCUT2D eigenvalue weighted by Crippen LogP contribution is 2.19. The molecule has 3 nitrogen and oxygen atoms in total. The number of nitrogens with one attached hydrogen (secondary N) is 1. The summed E-state index contributed by atoms with van der Waals surface area (Å²) < 4.78 is 12.7. The summed E-state index contributed by atoms with van der Waals surface area (Å²) in [5.41, 5.74) is 5.51. The van der Waals surface area contributed by atoms with E-state index in [1.165, 1.54) is 12.1 Å². The molecule has 4 heteroatoms. The molecule has 0 aromatic heterocycles. The Kier molecular flexibility index (Phi) is 3.42. The van der Waals surface area contributed by atoms with Gasteiger partial charge in [-0.25, -0.2) is 4.39 Å². The molecular weight excluding hydrogens is 195 g/mol. The minimum Gasteiger partial charge on any atom is -0.346 e. The highest BCUT2D eigenvalue weighted by atomic mass is 19.1. The van der Waals surface area contributed by atoms with Crippen molar-refractivity contribution in [1.29, 1.82) is 0 Å². The Labute approximate surface area is 88.5 Å². The van der Waals surface area contributed by atoms with Crippen molar-refractivity contribution in [3.63, 3.8) is 0 Å². The predicted molar refractivity (Wildman–Crippen MR) is 56.6 cm³/mol.